The molecular weight excluding hydrogens is 266 g/mol. The molecule has 0 saturated carbocycles. The zero-order valence-corrected chi connectivity index (χ0v) is 13.3. The monoisotopic (exact) mass is 291 g/mol. The Labute approximate surface area is 126 Å². The van der Waals surface area contributed by atoms with Gasteiger partial charge < -0.3 is 15.4 Å². The Balaban J connectivity index is 2.27. The fourth-order valence-electron chi connectivity index (χ4n) is 2.82. The van der Waals surface area contributed by atoms with Gasteiger partial charge in [0.1, 0.15) is 5.75 Å². The maximum Gasteiger partial charge on any atom is 0.242 e. The van der Waals surface area contributed by atoms with Crippen LogP contribution in [0, 0.1) is 0 Å². The van der Waals surface area contributed by atoms with Gasteiger partial charge in [-0.15, -0.1) is 0 Å². The van der Waals surface area contributed by atoms with Gasteiger partial charge in [0, 0.05) is 38.8 Å². The van der Waals surface area contributed by atoms with Gasteiger partial charge >= 0.3 is 0 Å². The van der Waals surface area contributed by atoms with Crippen LogP contribution in [-0.4, -0.2) is 48.5 Å². The Hall–Kier alpha value is -1.59. The maximum atomic E-state index is 12.4. The van der Waals surface area contributed by atoms with E-state index < -0.39 is 5.54 Å². The van der Waals surface area contributed by atoms with Crippen molar-refractivity contribution in [2.45, 2.75) is 32.5 Å². The second kappa shape index (κ2) is 6.03. The molecule has 116 valence electrons. The molecule has 0 aromatic heterocycles. The molecule has 1 fully saturated rings. The molecule has 1 aromatic carbocycles. The van der Waals surface area contributed by atoms with Crippen molar-refractivity contribution < 1.29 is 9.53 Å². The minimum absolute atomic E-state index is 0.155. The second-order valence-corrected chi connectivity index (χ2v) is 6.06. The van der Waals surface area contributed by atoms with Crippen molar-refractivity contribution in [3.63, 3.8) is 0 Å². The molecular formula is C16H25N3O2. The van der Waals surface area contributed by atoms with E-state index >= 15 is 0 Å². The molecule has 0 bridgehead atoms. The van der Waals surface area contributed by atoms with E-state index in [0.717, 1.165) is 30.0 Å². The third-order valence-electron chi connectivity index (χ3n) is 4.31. The zero-order valence-electron chi connectivity index (χ0n) is 13.3. The summed E-state index contributed by atoms with van der Waals surface area (Å²) in [5, 5.41) is 0. The highest BCUT2D eigenvalue weighted by Crippen LogP contribution is 2.28. The molecule has 0 atom stereocenters. The highest BCUT2D eigenvalue weighted by molar-refractivity contribution is 5.86. The van der Waals surface area contributed by atoms with Crippen LogP contribution < -0.4 is 10.5 Å². The molecule has 1 aliphatic heterocycles. The summed E-state index contributed by atoms with van der Waals surface area (Å²) in [7, 11) is 3.53. The fraction of sp³-hybridized carbons (Fsp3) is 0.562. The summed E-state index contributed by atoms with van der Waals surface area (Å²) in [6.45, 7) is 6.74. The molecule has 0 radical (unpaired) electrons. The van der Waals surface area contributed by atoms with E-state index in [1.165, 1.54) is 0 Å². The van der Waals surface area contributed by atoms with Crippen LogP contribution in [0.25, 0.3) is 0 Å². The van der Waals surface area contributed by atoms with Gasteiger partial charge in [0.15, 0.2) is 0 Å². The number of carbonyl (C=O) groups is 1. The van der Waals surface area contributed by atoms with Gasteiger partial charge in [-0.3, -0.25) is 9.69 Å². The van der Waals surface area contributed by atoms with Crippen LogP contribution in [0.1, 0.15) is 25.0 Å². The van der Waals surface area contributed by atoms with E-state index in [-0.39, 0.29) is 5.91 Å². The average Bonchev–Trinajstić information content (AvgIpc) is 2.48. The number of methoxy groups -OCH3 is 1. The lowest BCUT2D eigenvalue weighted by Crippen LogP contribution is -2.61. The Morgan fingerprint density at radius 2 is 2.05 bits per heavy atom. The molecule has 2 rings (SSSR count). The fourth-order valence-corrected chi connectivity index (χ4v) is 2.82. The number of nitrogens with zero attached hydrogens (tertiary/aromatic N) is 2. The van der Waals surface area contributed by atoms with Crippen molar-refractivity contribution >= 4 is 5.91 Å². The predicted octanol–water partition coefficient (Wildman–Crippen LogP) is 1.21. The predicted molar refractivity (Wildman–Crippen MR) is 83.0 cm³/mol. The smallest absolute Gasteiger partial charge is 0.242 e. The summed E-state index contributed by atoms with van der Waals surface area (Å²) in [6.07, 6.45) is 0. The Morgan fingerprint density at radius 1 is 1.33 bits per heavy atom. The molecule has 0 unspecified atom stereocenters. The van der Waals surface area contributed by atoms with E-state index in [2.05, 4.69) is 11.0 Å². The number of carbonyl (C=O) groups excluding carboxylic acids is 1. The summed E-state index contributed by atoms with van der Waals surface area (Å²) in [5.74, 6) is 0.997. The van der Waals surface area contributed by atoms with Crippen molar-refractivity contribution in [3.05, 3.63) is 29.3 Å². The molecule has 1 aliphatic rings. The lowest BCUT2D eigenvalue weighted by Gasteiger charge is -2.44. The highest BCUT2D eigenvalue weighted by atomic mass is 16.5. The third kappa shape index (κ3) is 3.04. The summed E-state index contributed by atoms with van der Waals surface area (Å²) >= 11 is 0. The van der Waals surface area contributed by atoms with Gasteiger partial charge in [-0.2, -0.15) is 0 Å². The Kier molecular flexibility index (Phi) is 4.54. The molecule has 1 saturated heterocycles. The van der Waals surface area contributed by atoms with Crippen LogP contribution in [0.2, 0.25) is 0 Å². The molecule has 5 heteroatoms. The van der Waals surface area contributed by atoms with Crippen LogP contribution in [0.5, 0.6) is 5.75 Å². The van der Waals surface area contributed by atoms with Crippen molar-refractivity contribution in [1.82, 2.24) is 9.80 Å². The molecule has 1 heterocycles. The van der Waals surface area contributed by atoms with Gasteiger partial charge in [-0.1, -0.05) is 6.07 Å². The van der Waals surface area contributed by atoms with Gasteiger partial charge in [0.25, 0.3) is 0 Å². The summed E-state index contributed by atoms with van der Waals surface area (Å²) in [6, 6.07) is 5.99. The number of rotatable bonds is 4. The first-order valence-electron chi connectivity index (χ1n) is 7.26. The third-order valence-corrected chi connectivity index (χ3v) is 4.31. The first-order valence-corrected chi connectivity index (χ1v) is 7.26. The number of ether oxygens (including phenoxy) is 1. The summed E-state index contributed by atoms with van der Waals surface area (Å²) in [5.41, 5.74) is 7.37. The average molecular weight is 291 g/mol. The molecule has 0 aliphatic carbocycles. The van der Waals surface area contributed by atoms with Gasteiger partial charge in [-0.05, 0) is 31.5 Å². The number of amides is 1. The van der Waals surface area contributed by atoms with Crippen molar-refractivity contribution in [2.24, 2.45) is 5.73 Å². The number of benzene rings is 1. The molecule has 1 amide bonds. The van der Waals surface area contributed by atoms with Crippen LogP contribution in [0.3, 0.4) is 0 Å². The standard InChI is InChI=1S/C16H25N3O2/c1-16(2)15(20)18(3)7-8-19(16)11-13-9-12(10-17)5-6-14(13)21-4/h5-6,9H,7-8,10-11,17H2,1-4H3. The molecule has 21 heavy (non-hydrogen) atoms. The summed E-state index contributed by atoms with van der Waals surface area (Å²) < 4.78 is 5.44. The Morgan fingerprint density at radius 3 is 2.67 bits per heavy atom. The number of hydrogen-bond acceptors (Lipinski definition) is 4. The largest absolute Gasteiger partial charge is 0.496 e. The van der Waals surface area contributed by atoms with E-state index in [4.69, 9.17) is 10.5 Å². The number of likely N-dealkylation sites (N-methyl/N-ethyl adjacent to an activating group) is 1. The lowest BCUT2D eigenvalue weighted by atomic mass is 9.96. The van der Waals surface area contributed by atoms with Crippen LogP contribution in [0.4, 0.5) is 0 Å². The van der Waals surface area contributed by atoms with E-state index in [1.54, 1.807) is 12.0 Å². The first-order chi connectivity index (χ1) is 9.90. The number of hydrogen-bond donors (Lipinski definition) is 1. The number of piperazine rings is 1. The quantitative estimate of drug-likeness (QED) is 0.906. The van der Waals surface area contributed by atoms with Crippen molar-refractivity contribution in [2.75, 3.05) is 27.2 Å². The van der Waals surface area contributed by atoms with Crippen molar-refractivity contribution in [3.8, 4) is 5.75 Å². The normalized spacial score (nSPS) is 18.9. The molecule has 0 spiro atoms. The molecule has 1 aromatic rings. The lowest BCUT2D eigenvalue weighted by molar-refractivity contribution is -0.147. The number of nitrogens with two attached hydrogens (primary N) is 1. The van der Waals surface area contributed by atoms with Gasteiger partial charge in [-0.25, -0.2) is 0 Å². The Bertz CT molecular complexity index is 528. The van der Waals surface area contributed by atoms with Crippen LogP contribution in [-0.2, 0) is 17.9 Å². The van der Waals surface area contributed by atoms with Gasteiger partial charge in [0.05, 0.1) is 12.6 Å². The van der Waals surface area contributed by atoms with E-state index in [9.17, 15) is 4.79 Å². The highest BCUT2D eigenvalue weighted by Gasteiger charge is 2.40. The molecule has 2 N–H and O–H groups in total. The van der Waals surface area contributed by atoms with Crippen LogP contribution >= 0.6 is 0 Å². The SMILES string of the molecule is COc1ccc(CN)cc1CN1CCN(C)C(=O)C1(C)C. The first kappa shape index (κ1) is 15.8. The topological polar surface area (TPSA) is 58.8 Å². The molecule has 5 nitrogen and oxygen atoms in total. The summed E-state index contributed by atoms with van der Waals surface area (Å²) in [4.78, 5) is 16.4. The minimum atomic E-state index is -0.503. The zero-order chi connectivity index (χ0) is 15.6. The van der Waals surface area contributed by atoms with E-state index in [1.807, 2.05) is 33.0 Å². The van der Waals surface area contributed by atoms with Crippen molar-refractivity contribution in [1.29, 1.82) is 0 Å². The van der Waals surface area contributed by atoms with Crippen LogP contribution in [0.15, 0.2) is 18.2 Å². The van der Waals surface area contributed by atoms with E-state index in [0.29, 0.717) is 13.1 Å². The van der Waals surface area contributed by atoms with Gasteiger partial charge in [0.2, 0.25) is 5.91 Å². The minimum Gasteiger partial charge on any atom is -0.496 e. The maximum absolute atomic E-state index is 12.4. The second-order valence-electron chi connectivity index (χ2n) is 6.06.